The number of rotatable bonds is 6. The zero-order valence-electron chi connectivity index (χ0n) is 9.03. The molecule has 0 aromatic carbocycles. The zero-order valence-corrected chi connectivity index (χ0v) is 9.03. The van der Waals surface area contributed by atoms with Gasteiger partial charge in [0.1, 0.15) is 6.61 Å². The van der Waals surface area contributed by atoms with Gasteiger partial charge in [-0.2, -0.15) is 0 Å². The third kappa shape index (κ3) is 4.67. The highest BCUT2D eigenvalue weighted by atomic mass is 16.5. The van der Waals surface area contributed by atoms with Crippen LogP contribution in [0.25, 0.3) is 0 Å². The third-order valence-corrected chi connectivity index (χ3v) is 1.75. The highest BCUT2D eigenvalue weighted by Crippen LogP contribution is 2.04. The van der Waals surface area contributed by atoms with Crippen molar-refractivity contribution < 1.29 is 14.3 Å². The van der Waals surface area contributed by atoms with E-state index in [0.717, 1.165) is 11.3 Å². The molecule has 0 radical (unpaired) electrons. The summed E-state index contributed by atoms with van der Waals surface area (Å²) < 4.78 is 10.2. The molecule has 0 fully saturated rings. The molecule has 0 amide bonds. The Bertz CT molecular complexity index is 325. The number of hydrogen-bond acceptors (Lipinski definition) is 4. The first-order valence-electron chi connectivity index (χ1n) is 4.72. The van der Waals surface area contributed by atoms with Crippen molar-refractivity contribution in [3.8, 4) is 0 Å². The van der Waals surface area contributed by atoms with Crippen LogP contribution in [0.3, 0.4) is 0 Å². The maximum atomic E-state index is 10.6. The fraction of sp³-hybridized carbons (Fsp3) is 0.455. The van der Waals surface area contributed by atoms with Gasteiger partial charge in [-0.05, 0) is 24.6 Å². The Balaban J connectivity index is 2.46. The Hall–Kier alpha value is -1.26. The van der Waals surface area contributed by atoms with Crippen LogP contribution in [0.5, 0.6) is 0 Å². The fourth-order valence-electron chi connectivity index (χ4n) is 1.16. The normalized spacial score (nSPS) is 10.3. The Morgan fingerprint density at radius 3 is 2.93 bits per heavy atom. The van der Waals surface area contributed by atoms with Crippen LogP contribution in [0.15, 0.2) is 18.3 Å². The van der Waals surface area contributed by atoms with Crippen LogP contribution in [0, 0.1) is 0 Å². The minimum Gasteiger partial charge on any atom is -0.378 e. The van der Waals surface area contributed by atoms with Crippen molar-refractivity contribution in [1.82, 2.24) is 4.98 Å². The molecule has 0 saturated carbocycles. The summed E-state index contributed by atoms with van der Waals surface area (Å²) in [7, 11) is 1.63. The van der Waals surface area contributed by atoms with Gasteiger partial charge in [0.05, 0.1) is 18.9 Å². The molecule has 0 N–H and O–H groups in total. The molecule has 1 rings (SSSR count). The Kier molecular flexibility index (Phi) is 4.93. The van der Waals surface area contributed by atoms with Crippen molar-refractivity contribution in [3.05, 3.63) is 29.6 Å². The summed E-state index contributed by atoms with van der Waals surface area (Å²) in [5, 5.41) is 0. The van der Waals surface area contributed by atoms with Gasteiger partial charge in [-0.15, -0.1) is 0 Å². The van der Waals surface area contributed by atoms with Gasteiger partial charge >= 0.3 is 0 Å². The Labute approximate surface area is 89.2 Å². The third-order valence-electron chi connectivity index (χ3n) is 1.75. The maximum Gasteiger partial charge on any atom is 0.155 e. The summed E-state index contributed by atoms with van der Waals surface area (Å²) in [6.07, 6.45) is 1.71. The number of Topliss-reactive ketones (excluding diaryl/α,β-unsaturated/α-hetero) is 1. The molecule has 0 spiro atoms. The van der Waals surface area contributed by atoms with Crippen molar-refractivity contribution >= 4 is 5.78 Å². The number of carbonyl (C=O) groups excluding carboxylic acids is 1. The highest BCUT2D eigenvalue weighted by molar-refractivity contribution is 5.76. The van der Waals surface area contributed by atoms with E-state index < -0.39 is 0 Å². The van der Waals surface area contributed by atoms with Crippen LogP contribution in [0.4, 0.5) is 0 Å². The molecule has 4 heteroatoms. The molecule has 0 saturated heterocycles. The molecular formula is C11H15NO3. The summed E-state index contributed by atoms with van der Waals surface area (Å²) >= 11 is 0. The summed E-state index contributed by atoms with van der Waals surface area (Å²) in [6.45, 7) is 2.57. The molecule has 0 aliphatic rings. The maximum absolute atomic E-state index is 10.6. The van der Waals surface area contributed by atoms with E-state index in [1.807, 2.05) is 12.1 Å². The van der Waals surface area contributed by atoms with Gasteiger partial charge in [-0.3, -0.25) is 9.78 Å². The van der Waals surface area contributed by atoms with Crippen molar-refractivity contribution in [2.24, 2.45) is 0 Å². The topological polar surface area (TPSA) is 48.4 Å². The number of carbonyl (C=O) groups is 1. The molecule has 82 valence electrons. The van der Waals surface area contributed by atoms with E-state index in [9.17, 15) is 4.79 Å². The SMILES string of the molecule is COCc1cc(COCC(C)=O)ccn1. The summed E-state index contributed by atoms with van der Waals surface area (Å²) in [6, 6.07) is 3.77. The molecular weight excluding hydrogens is 194 g/mol. The minimum atomic E-state index is 0.0289. The number of aromatic nitrogens is 1. The van der Waals surface area contributed by atoms with E-state index in [4.69, 9.17) is 9.47 Å². The number of nitrogens with zero attached hydrogens (tertiary/aromatic N) is 1. The lowest BCUT2D eigenvalue weighted by Gasteiger charge is -2.04. The monoisotopic (exact) mass is 209 g/mol. The quantitative estimate of drug-likeness (QED) is 0.709. The van der Waals surface area contributed by atoms with E-state index in [1.165, 1.54) is 6.92 Å². The van der Waals surface area contributed by atoms with Gasteiger partial charge in [-0.25, -0.2) is 0 Å². The number of hydrogen-bond donors (Lipinski definition) is 0. The van der Waals surface area contributed by atoms with Gasteiger partial charge in [0.25, 0.3) is 0 Å². The van der Waals surface area contributed by atoms with Crippen molar-refractivity contribution in [2.75, 3.05) is 13.7 Å². The number of pyridine rings is 1. The smallest absolute Gasteiger partial charge is 0.155 e. The van der Waals surface area contributed by atoms with Crippen LogP contribution >= 0.6 is 0 Å². The predicted octanol–water partition coefficient (Wildman–Crippen LogP) is 1.33. The van der Waals surface area contributed by atoms with Crippen LogP contribution in [-0.2, 0) is 27.5 Å². The number of ketones is 1. The van der Waals surface area contributed by atoms with E-state index in [1.54, 1.807) is 13.3 Å². The second-order valence-corrected chi connectivity index (χ2v) is 3.28. The zero-order chi connectivity index (χ0) is 11.1. The van der Waals surface area contributed by atoms with Crippen LogP contribution in [-0.4, -0.2) is 24.5 Å². The Morgan fingerprint density at radius 1 is 1.47 bits per heavy atom. The first-order chi connectivity index (χ1) is 7.22. The average molecular weight is 209 g/mol. The van der Waals surface area contributed by atoms with Crippen LogP contribution in [0.2, 0.25) is 0 Å². The standard InChI is InChI=1S/C11H15NO3/c1-9(13)6-15-7-10-3-4-12-11(5-10)8-14-2/h3-5H,6-8H2,1-2H3. The molecule has 4 nitrogen and oxygen atoms in total. The van der Waals surface area contributed by atoms with E-state index >= 15 is 0 Å². The fourth-order valence-corrected chi connectivity index (χ4v) is 1.16. The van der Waals surface area contributed by atoms with Crippen molar-refractivity contribution in [3.63, 3.8) is 0 Å². The minimum absolute atomic E-state index is 0.0289. The lowest BCUT2D eigenvalue weighted by molar-refractivity contribution is -0.121. The van der Waals surface area contributed by atoms with E-state index in [0.29, 0.717) is 13.2 Å². The first kappa shape index (κ1) is 11.8. The average Bonchev–Trinajstić information content (AvgIpc) is 2.18. The van der Waals surface area contributed by atoms with Gasteiger partial charge < -0.3 is 9.47 Å². The predicted molar refractivity (Wildman–Crippen MR) is 55.3 cm³/mol. The lowest BCUT2D eigenvalue weighted by Crippen LogP contribution is -2.04. The van der Waals surface area contributed by atoms with E-state index in [2.05, 4.69) is 4.98 Å². The summed E-state index contributed by atoms with van der Waals surface area (Å²) in [4.78, 5) is 14.8. The number of ether oxygens (including phenoxy) is 2. The van der Waals surface area contributed by atoms with Crippen LogP contribution < -0.4 is 0 Å². The van der Waals surface area contributed by atoms with Crippen molar-refractivity contribution in [1.29, 1.82) is 0 Å². The highest BCUT2D eigenvalue weighted by Gasteiger charge is 1.98. The van der Waals surface area contributed by atoms with Gasteiger partial charge in [0, 0.05) is 13.3 Å². The molecule has 1 heterocycles. The van der Waals surface area contributed by atoms with Crippen molar-refractivity contribution in [2.45, 2.75) is 20.1 Å². The Morgan fingerprint density at radius 2 is 2.27 bits per heavy atom. The first-order valence-corrected chi connectivity index (χ1v) is 4.72. The van der Waals surface area contributed by atoms with Gasteiger partial charge in [0.15, 0.2) is 5.78 Å². The second kappa shape index (κ2) is 6.27. The van der Waals surface area contributed by atoms with Crippen LogP contribution in [0.1, 0.15) is 18.2 Å². The lowest BCUT2D eigenvalue weighted by atomic mass is 10.2. The largest absolute Gasteiger partial charge is 0.378 e. The molecule has 0 aliphatic heterocycles. The molecule has 1 aromatic rings. The number of methoxy groups -OCH3 is 1. The second-order valence-electron chi connectivity index (χ2n) is 3.28. The molecule has 0 atom stereocenters. The molecule has 15 heavy (non-hydrogen) atoms. The van der Waals surface area contributed by atoms with Gasteiger partial charge in [0.2, 0.25) is 0 Å². The molecule has 0 unspecified atom stereocenters. The summed E-state index contributed by atoms with van der Waals surface area (Å²) in [5.41, 5.74) is 1.86. The molecule has 0 aliphatic carbocycles. The van der Waals surface area contributed by atoms with Gasteiger partial charge in [-0.1, -0.05) is 0 Å². The van der Waals surface area contributed by atoms with E-state index in [-0.39, 0.29) is 12.4 Å². The molecule has 0 bridgehead atoms. The summed E-state index contributed by atoms with van der Waals surface area (Å²) in [5.74, 6) is 0.0289. The molecule has 1 aromatic heterocycles.